The Morgan fingerprint density at radius 3 is 2.57 bits per heavy atom. The fraction of sp³-hybridized carbons (Fsp3) is 0.500. The van der Waals surface area contributed by atoms with E-state index in [-0.39, 0.29) is 24.6 Å². The summed E-state index contributed by atoms with van der Waals surface area (Å²) >= 11 is 0. The van der Waals surface area contributed by atoms with Crippen molar-refractivity contribution in [2.45, 2.75) is 13.2 Å². The molecule has 6 nitrogen and oxygen atoms in total. The molecule has 0 aromatic heterocycles. The molecule has 0 radical (unpaired) electrons. The minimum absolute atomic E-state index is 0.0291. The first-order valence-electron chi connectivity index (χ1n) is 6.09. The van der Waals surface area contributed by atoms with Crippen molar-refractivity contribution in [2.24, 2.45) is 0 Å². The average molecular weight is 324 g/mol. The topological polar surface area (TPSA) is 76.7 Å². The van der Waals surface area contributed by atoms with E-state index >= 15 is 0 Å². The molecule has 0 unspecified atom stereocenters. The number of sulfonamides is 1. The third-order valence-electron chi connectivity index (χ3n) is 2.47. The van der Waals surface area contributed by atoms with E-state index in [1.54, 1.807) is 12.1 Å². The second kappa shape index (κ2) is 8.11. The van der Waals surface area contributed by atoms with Crippen molar-refractivity contribution in [1.29, 1.82) is 0 Å². The van der Waals surface area contributed by atoms with E-state index in [0.29, 0.717) is 12.1 Å². The molecule has 0 saturated carbocycles. The summed E-state index contributed by atoms with van der Waals surface area (Å²) in [4.78, 5) is 0. The van der Waals surface area contributed by atoms with E-state index in [4.69, 9.17) is 4.74 Å². The SMILES string of the molecule is COc1cccc(CNCCNS(C)(=O)=O)c1OC(F)F. The summed E-state index contributed by atoms with van der Waals surface area (Å²) in [5.74, 6) is 0.183. The summed E-state index contributed by atoms with van der Waals surface area (Å²) in [6.07, 6.45) is 1.06. The van der Waals surface area contributed by atoms with Gasteiger partial charge in [0.05, 0.1) is 13.4 Å². The molecule has 21 heavy (non-hydrogen) atoms. The Morgan fingerprint density at radius 2 is 2.00 bits per heavy atom. The van der Waals surface area contributed by atoms with E-state index in [0.717, 1.165) is 6.26 Å². The molecule has 1 aromatic carbocycles. The van der Waals surface area contributed by atoms with Crippen molar-refractivity contribution in [2.75, 3.05) is 26.5 Å². The molecule has 0 aliphatic rings. The van der Waals surface area contributed by atoms with Gasteiger partial charge in [-0.25, -0.2) is 13.1 Å². The van der Waals surface area contributed by atoms with Crippen molar-refractivity contribution in [3.05, 3.63) is 23.8 Å². The number of hydrogen-bond acceptors (Lipinski definition) is 5. The molecular formula is C12H18F2N2O4S. The molecule has 9 heteroatoms. The first-order valence-corrected chi connectivity index (χ1v) is 7.98. The van der Waals surface area contributed by atoms with Crippen LogP contribution in [0.2, 0.25) is 0 Å². The molecule has 0 heterocycles. The van der Waals surface area contributed by atoms with Crippen LogP contribution in [0, 0.1) is 0 Å². The second-order valence-electron chi connectivity index (χ2n) is 4.17. The quantitative estimate of drug-likeness (QED) is 0.661. The number of alkyl halides is 2. The zero-order chi connectivity index (χ0) is 15.9. The smallest absolute Gasteiger partial charge is 0.387 e. The highest BCUT2D eigenvalue weighted by Gasteiger charge is 2.14. The number of hydrogen-bond donors (Lipinski definition) is 2. The summed E-state index contributed by atoms with van der Waals surface area (Å²) in [5.41, 5.74) is 0.494. The number of benzene rings is 1. The lowest BCUT2D eigenvalue weighted by atomic mass is 10.2. The molecule has 0 aliphatic carbocycles. The van der Waals surface area contributed by atoms with Gasteiger partial charge in [0.2, 0.25) is 10.0 Å². The molecule has 0 aliphatic heterocycles. The molecule has 0 amide bonds. The van der Waals surface area contributed by atoms with Gasteiger partial charge in [-0.05, 0) is 6.07 Å². The predicted molar refractivity (Wildman–Crippen MR) is 74.2 cm³/mol. The third-order valence-corrected chi connectivity index (χ3v) is 3.20. The summed E-state index contributed by atoms with van der Waals surface area (Å²) in [6.45, 7) is -2.16. The fourth-order valence-corrected chi connectivity index (χ4v) is 2.10. The molecule has 0 atom stereocenters. The van der Waals surface area contributed by atoms with Crippen LogP contribution in [0.3, 0.4) is 0 Å². The van der Waals surface area contributed by atoms with Gasteiger partial charge in [-0.3, -0.25) is 0 Å². The van der Waals surface area contributed by atoms with E-state index in [9.17, 15) is 17.2 Å². The zero-order valence-electron chi connectivity index (χ0n) is 11.7. The second-order valence-corrected chi connectivity index (χ2v) is 6.00. The normalized spacial score (nSPS) is 11.7. The number of para-hydroxylation sites is 1. The van der Waals surface area contributed by atoms with Crippen LogP contribution in [-0.4, -0.2) is 41.5 Å². The van der Waals surface area contributed by atoms with Gasteiger partial charge in [-0.1, -0.05) is 12.1 Å². The van der Waals surface area contributed by atoms with E-state index in [1.807, 2.05) is 0 Å². The van der Waals surface area contributed by atoms with Crippen LogP contribution < -0.4 is 19.5 Å². The molecule has 0 saturated heterocycles. The van der Waals surface area contributed by atoms with Gasteiger partial charge in [0, 0.05) is 25.2 Å². The standard InChI is InChI=1S/C12H18F2N2O4S/c1-19-10-5-3-4-9(11(10)20-12(13)14)8-15-6-7-16-21(2,17)18/h3-5,12,15-16H,6-8H2,1-2H3. The van der Waals surface area contributed by atoms with Crippen LogP contribution in [0.4, 0.5) is 8.78 Å². The lowest BCUT2D eigenvalue weighted by Crippen LogP contribution is -2.30. The highest BCUT2D eigenvalue weighted by molar-refractivity contribution is 7.88. The third kappa shape index (κ3) is 6.69. The Balaban J connectivity index is 2.61. The van der Waals surface area contributed by atoms with Gasteiger partial charge in [0.25, 0.3) is 0 Å². The average Bonchev–Trinajstić information content (AvgIpc) is 2.38. The number of methoxy groups -OCH3 is 1. The van der Waals surface area contributed by atoms with Crippen LogP contribution in [0.5, 0.6) is 11.5 Å². The number of ether oxygens (including phenoxy) is 2. The van der Waals surface area contributed by atoms with Gasteiger partial charge in [-0.2, -0.15) is 8.78 Å². The Bertz CT molecular complexity index is 552. The lowest BCUT2D eigenvalue weighted by Gasteiger charge is -2.14. The molecule has 1 rings (SSSR count). The maximum Gasteiger partial charge on any atom is 0.387 e. The van der Waals surface area contributed by atoms with Gasteiger partial charge >= 0.3 is 6.61 Å². The molecule has 0 spiro atoms. The lowest BCUT2D eigenvalue weighted by molar-refractivity contribution is -0.0518. The van der Waals surface area contributed by atoms with Gasteiger partial charge in [0.15, 0.2) is 11.5 Å². The van der Waals surface area contributed by atoms with Crippen LogP contribution in [0.15, 0.2) is 18.2 Å². The maximum absolute atomic E-state index is 12.4. The van der Waals surface area contributed by atoms with E-state index in [1.165, 1.54) is 13.2 Å². The monoisotopic (exact) mass is 324 g/mol. The van der Waals surface area contributed by atoms with Gasteiger partial charge < -0.3 is 14.8 Å². The van der Waals surface area contributed by atoms with Gasteiger partial charge in [-0.15, -0.1) is 0 Å². The summed E-state index contributed by atoms with van der Waals surface area (Å²) < 4.78 is 58.3. The molecule has 1 aromatic rings. The Labute approximate surface area is 122 Å². The van der Waals surface area contributed by atoms with Crippen molar-refractivity contribution in [3.63, 3.8) is 0 Å². The minimum atomic E-state index is -3.24. The summed E-state index contributed by atoms with van der Waals surface area (Å²) in [7, 11) is -1.88. The molecule has 0 fully saturated rings. The van der Waals surface area contributed by atoms with E-state index in [2.05, 4.69) is 14.8 Å². The predicted octanol–water partition coefficient (Wildman–Crippen LogP) is 0.935. The van der Waals surface area contributed by atoms with Crippen LogP contribution >= 0.6 is 0 Å². The van der Waals surface area contributed by atoms with Crippen LogP contribution in [0.25, 0.3) is 0 Å². The summed E-state index contributed by atoms with van der Waals surface area (Å²) in [5, 5.41) is 2.93. The minimum Gasteiger partial charge on any atom is -0.493 e. The van der Waals surface area contributed by atoms with Crippen molar-refractivity contribution >= 4 is 10.0 Å². The summed E-state index contributed by atoms with van der Waals surface area (Å²) in [6, 6.07) is 4.80. The first kappa shape index (κ1) is 17.6. The van der Waals surface area contributed by atoms with Crippen LogP contribution in [0.1, 0.15) is 5.56 Å². The number of nitrogens with one attached hydrogen (secondary N) is 2. The Morgan fingerprint density at radius 1 is 1.29 bits per heavy atom. The van der Waals surface area contributed by atoms with Crippen molar-refractivity contribution in [3.8, 4) is 11.5 Å². The number of rotatable bonds is 9. The molecule has 0 bridgehead atoms. The van der Waals surface area contributed by atoms with Crippen molar-refractivity contribution < 1.29 is 26.7 Å². The molecular weight excluding hydrogens is 306 g/mol. The Hall–Kier alpha value is -1.45. The first-order chi connectivity index (χ1) is 9.83. The molecule has 120 valence electrons. The largest absolute Gasteiger partial charge is 0.493 e. The van der Waals surface area contributed by atoms with Crippen LogP contribution in [-0.2, 0) is 16.6 Å². The van der Waals surface area contributed by atoms with Crippen molar-refractivity contribution in [1.82, 2.24) is 10.0 Å². The highest BCUT2D eigenvalue weighted by atomic mass is 32.2. The maximum atomic E-state index is 12.4. The van der Waals surface area contributed by atoms with Gasteiger partial charge in [0.1, 0.15) is 0 Å². The fourth-order valence-electron chi connectivity index (χ4n) is 1.63. The molecule has 2 N–H and O–H groups in total. The highest BCUT2D eigenvalue weighted by Crippen LogP contribution is 2.32. The number of halogens is 2. The zero-order valence-corrected chi connectivity index (χ0v) is 12.5. The Kier molecular flexibility index (Phi) is 6.79. The van der Waals surface area contributed by atoms with E-state index < -0.39 is 16.6 Å².